The fourth-order valence-corrected chi connectivity index (χ4v) is 1.89. The largest absolute Gasteiger partial charge is 0.480 e. The highest BCUT2D eigenvalue weighted by atomic mass is 16.6. The zero-order chi connectivity index (χ0) is 15.4. The Morgan fingerprint density at radius 1 is 1.50 bits per heavy atom. The van der Waals surface area contributed by atoms with E-state index in [2.05, 4.69) is 10.3 Å². The van der Waals surface area contributed by atoms with Gasteiger partial charge in [-0.15, -0.1) is 0 Å². The predicted molar refractivity (Wildman–Crippen MR) is 69.3 cm³/mol. The summed E-state index contributed by atoms with van der Waals surface area (Å²) in [6.07, 6.45) is 1.22. The maximum Gasteiger partial charge on any atom is 0.326 e. The van der Waals surface area contributed by atoms with Gasteiger partial charge in [0.05, 0.1) is 10.6 Å². The molecule has 1 aromatic heterocycles. The number of nitro groups is 1. The highest BCUT2D eigenvalue weighted by Crippen LogP contribution is 2.24. The van der Waals surface area contributed by atoms with Crippen LogP contribution in [-0.2, 0) is 16.0 Å². The average molecular weight is 281 g/mol. The van der Waals surface area contributed by atoms with Gasteiger partial charge in [-0.3, -0.25) is 19.9 Å². The minimum atomic E-state index is -1.22. The van der Waals surface area contributed by atoms with Crippen LogP contribution in [0, 0.1) is 24.0 Å². The Morgan fingerprint density at radius 3 is 2.55 bits per heavy atom. The van der Waals surface area contributed by atoms with Crippen LogP contribution in [0.15, 0.2) is 6.20 Å². The van der Waals surface area contributed by atoms with Crippen LogP contribution >= 0.6 is 0 Å². The minimum Gasteiger partial charge on any atom is -0.480 e. The third-order valence-corrected chi connectivity index (χ3v) is 2.83. The molecule has 108 valence electrons. The molecule has 2 N–H and O–H groups in total. The topological polar surface area (TPSA) is 122 Å². The van der Waals surface area contributed by atoms with Crippen molar-refractivity contribution in [2.24, 2.45) is 0 Å². The molecular formula is C12H15N3O5. The second-order valence-corrected chi connectivity index (χ2v) is 4.41. The molecule has 0 aliphatic heterocycles. The fourth-order valence-electron chi connectivity index (χ4n) is 1.89. The Kier molecular flexibility index (Phi) is 4.73. The summed E-state index contributed by atoms with van der Waals surface area (Å²) in [7, 11) is 0. The van der Waals surface area contributed by atoms with Gasteiger partial charge in [0.25, 0.3) is 5.69 Å². The number of aromatic nitrogens is 1. The van der Waals surface area contributed by atoms with Gasteiger partial charge in [0.1, 0.15) is 6.04 Å². The maximum absolute atomic E-state index is 11.1. The van der Waals surface area contributed by atoms with Crippen molar-refractivity contribution in [3.8, 4) is 0 Å². The van der Waals surface area contributed by atoms with Crippen LogP contribution in [0.4, 0.5) is 5.69 Å². The number of nitrogens with one attached hydrogen (secondary N) is 1. The Hall–Kier alpha value is -2.51. The van der Waals surface area contributed by atoms with Crippen molar-refractivity contribution in [2.75, 3.05) is 0 Å². The van der Waals surface area contributed by atoms with E-state index >= 15 is 0 Å². The summed E-state index contributed by atoms with van der Waals surface area (Å²) in [5.74, 6) is -1.71. The third-order valence-electron chi connectivity index (χ3n) is 2.83. The molecule has 0 aromatic carbocycles. The van der Waals surface area contributed by atoms with E-state index in [1.165, 1.54) is 20.0 Å². The highest BCUT2D eigenvalue weighted by molar-refractivity contribution is 5.82. The second kappa shape index (κ2) is 6.09. The summed E-state index contributed by atoms with van der Waals surface area (Å²) >= 11 is 0. The lowest BCUT2D eigenvalue weighted by atomic mass is 10.0. The van der Waals surface area contributed by atoms with E-state index in [4.69, 9.17) is 5.11 Å². The number of rotatable bonds is 5. The minimum absolute atomic E-state index is 0.0815. The predicted octanol–water partition coefficient (Wildman–Crippen LogP) is 0.738. The molecule has 0 radical (unpaired) electrons. The summed E-state index contributed by atoms with van der Waals surface area (Å²) in [5, 5.41) is 22.3. The number of nitrogens with zero attached hydrogens (tertiary/aromatic N) is 2. The quantitative estimate of drug-likeness (QED) is 0.606. The van der Waals surface area contributed by atoms with E-state index in [1.54, 1.807) is 6.92 Å². The molecule has 1 rings (SSSR count). The normalized spacial score (nSPS) is 11.8. The standard InChI is InChI=1S/C12H15N3O5/c1-6-5-13-9(7(2)11(6)15(19)20)4-10(12(17)18)14-8(3)16/h5,10H,4H2,1-3H3,(H,14,16)(H,17,18). The molecular weight excluding hydrogens is 266 g/mol. The van der Waals surface area contributed by atoms with E-state index in [0.29, 0.717) is 11.1 Å². The second-order valence-electron chi connectivity index (χ2n) is 4.41. The Morgan fingerprint density at radius 2 is 2.10 bits per heavy atom. The molecule has 1 heterocycles. The van der Waals surface area contributed by atoms with Gasteiger partial charge in [-0.25, -0.2) is 4.79 Å². The molecule has 1 atom stereocenters. The van der Waals surface area contributed by atoms with Crippen LogP contribution in [0.1, 0.15) is 23.7 Å². The van der Waals surface area contributed by atoms with Gasteiger partial charge in [0.15, 0.2) is 0 Å². The molecule has 20 heavy (non-hydrogen) atoms. The van der Waals surface area contributed by atoms with Crippen LogP contribution in [-0.4, -0.2) is 32.9 Å². The number of hydrogen-bond donors (Lipinski definition) is 2. The molecule has 0 saturated heterocycles. The number of pyridine rings is 1. The van der Waals surface area contributed by atoms with Crippen molar-refractivity contribution >= 4 is 17.6 Å². The van der Waals surface area contributed by atoms with E-state index in [-0.39, 0.29) is 17.8 Å². The van der Waals surface area contributed by atoms with Crippen molar-refractivity contribution in [1.82, 2.24) is 10.3 Å². The molecule has 0 aliphatic rings. The van der Waals surface area contributed by atoms with Gasteiger partial charge < -0.3 is 10.4 Å². The van der Waals surface area contributed by atoms with Gasteiger partial charge >= 0.3 is 5.97 Å². The number of amides is 1. The molecule has 8 heteroatoms. The molecule has 1 amide bonds. The Bertz CT molecular complexity index is 570. The molecule has 0 spiro atoms. The number of aryl methyl sites for hydroxylation is 1. The van der Waals surface area contributed by atoms with Gasteiger partial charge in [0, 0.05) is 30.7 Å². The number of carbonyl (C=O) groups excluding carboxylic acids is 1. The van der Waals surface area contributed by atoms with Crippen LogP contribution < -0.4 is 5.32 Å². The van der Waals surface area contributed by atoms with Gasteiger partial charge in [-0.2, -0.15) is 0 Å². The maximum atomic E-state index is 11.1. The molecule has 0 bridgehead atoms. The average Bonchev–Trinajstić information content (AvgIpc) is 2.30. The lowest BCUT2D eigenvalue weighted by molar-refractivity contribution is -0.386. The summed E-state index contributed by atoms with van der Waals surface area (Å²) in [6, 6.07) is -1.17. The van der Waals surface area contributed by atoms with Crippen molar-refractivity contribution in [3.05, 3.63) is 33.1 Å². The first-order valence-electron chi connectivity index (χ1n) is 5.83. The SMILES string of the molecule is CC(=O)NC(Cc1ncc(C)c([N+](=O)[O-])c1C)C(=O)O. The van der Waals surface area contributed by atoms with Gasteiger partial charge in [-0.1, -0.05) is 0 Å². The molecule has 0 fully saturated rings. The van der Waals surface area contributed by atoms with Crippen molar-refractivity contribution < 1.29 is 19.6 Å². The zero-order valence-electron chi connectivity index (χ0n) is 11.3. The van der Waals surface area contributed by atoms with Gasteiger partial charge in [-0.05, 0) is 13.8 Å². The molecule has 0 aliphatic carbocycles. The first-order chi connectivity index (χ1) is 9.23. The van der Waals surface area contributed by atoms with Crippen LogP contribution in [0.2, 0.25) is 0 Å². The molecule has 1 unspecified atom stereocenters. The van der Waals surface area contributed by atoms with Crippen molar-refractivity contribution in [1.29, 1.82) is 0 Å². The monoisotopic (exact) mass is 281 g/mol. The van der Waals surface area contributed by atoms with Crippen molar-refractivity contribution in [3.63, 3.8) is 0 Å². The Labute approximate surface area is 115 Å². The fraction of sp³-hybridized carbons (Fsp3) is 0.417. The number of carboxylic acid groups (broad SMARTS) is 1. The van der Waals surface area contributed by atoms with Crippen LogP contribution in [0.5, 0.6) is 0 Å². The summed E-state index contributed by atoms with van der Waals surface area (Å²) in [6.45, 7) is 4.28. The lowest BCUT2D eigenvalue weighted by Crippen LogP contribution is -2.41. The van der Waals surface area contributed by atoms with E-state index in [1.807, 2.05) is 0 Å². The summed E-state index contributed by atoms with van der Waals surface area (Å²) in [5.41, 5.74) is 0.916. The lowest BCUT2D eigenvalue weighted by Gasteiger charge is -2.14. The van der Waals surface area contributed by atoms with Crippen LogP contribution in [0.3, 0.4) is 0 Å². The molecule has 8 nitrogen and oxygen atoms in total. The molecule has 0 saturated carbocycles. The number of carbonyl (C=O) groups is 2. The molecule has 1 aromatic rings. The number of carboxylic acids is 1. The number of aliphatic carboxylic acids is 1. The Balaban J connectivity index is 3.14. The van der Waals surface area contributed by atoms with E-state index in [9.17, 15) is 19.7 Å². The van der Waals surface area contributed by atoms with E-state index < -0.39 is 22.8 Å². The van der Waals surface area contributed by atoms with Gasteiger partial charge in [0.2, 0.25) is 5.91 Å². The van der Waals surface area contributed by atoms with Crippen molar-refractivity contribution in [2.45, 2.75) is 33.2 Å². The summed E-state index contributed by atoms with van der Waals surface area (Å²) < 4.78 is 0. The smallest absolute Gasteiger partial charge is 0.326 e. The zero-order valence-corrected chi connectivity index (χ0v) is 11.3. The first kappa shape index (κ1) is 15.5. The third kappa shape index (κ3) is 3.50. The highest BCUT2D eigenvalue weighted by Gasteiger charge is 2.24. The van der Waals surface area contributed by atoms with E-state index in [0.717, 1.165) is 0 Å². The summed E-state index contributed by atoms with van der Waals surface area (Å²) in [4.78, 5) is 36.5. The van der Waals surface area contributed by atoms with Crippen LogP contribution in [0.25, 0.3) is 0 Å². The first-order valence-corrected chi connectivity index (χ1v) is 5.83. The number of hydrogen-bond acceptors (Lipinski definition) is 5.